The fraction of sp³-hybridized carbons (Fsp3) is 0.286. The summed E-state index contributed by atoms with van der Waals surface area (Å²) < 4.78 is 4.95. The van der Waals surface area contributed by atoms with E-state index >= 15 is 0 Å². The standard InChI is InChI=1S/C35H38N4O2/c1-9-12-25-21(6)28-15-27-19(4)23(10-2)31(36-27)16-29-20(5)24(11-3)32(37-29)17-30-22(7)26(13-14-35(40)41-8)34(39-30)18-33(25)38-28/h10-11,15-18,36,39H,2-3,9,12-14H2,1,4-8H3. The number of hydrogen-bond acceptors (Lipinski definition) is 4. The molecule has 0 spiro atoms. The smallest absolute Gasteiger partial charge is 0.305 e. The lowest BCUT2D eigenvalue weighted by Crippen LogP contribution is -2.02. The zero-order valence-corrected chi connectivity index (χ0v) is 24.9. The molecule has 3 aromatic heterocycles. The maximum absolute atomic E-state index is 12.1. The van der Waals surface area contributed by atoms with Gasteiger partial charge in [-0.25, -0.2) is 9.97 Å². The number of ether oxygens (including phenoxy) is 1. The molecule has 41 heavy (non-hydrogen) atoms. The van der Waals surface area contributed by atoms with Crippen LogP contribution in [0.5, 0.6) is 0 Å². The number of carbonyl (C=O) groups excluding carboxylic acids is 1. The molecule has 2 aliphatic rings. The molecule has 0 aromatic carbocycles. The van der Waals surface area contributed by atoms with Crippen LogP contribution in [0, 0.1) is 13.8 Å². The number of allylic oxidation sites excluding steroid dienone is 5. The van der Waals surface area contributed by atoms with Crippen LogP contribution in [0.1, 0.15) is 85.1 Å². The largest absolute Gasteiger partial charge is 0.469 e. The van der Waals surface area contributed by atoms with E-state index in [0.29, 0.717) is 12.8 Å². The highest BCUT2D eigenvalue weighted by Crippen LogP contribution is 2.36. The topological polar surface area (TPSA) is 83.7 Å². The number of aromatic amines is 2. The third kappa shape index (κ3) is 4.99. The van der Waals surface area contributed by atoms with Gasteiger partial charge in [-0.05, 0) is 98.2 Å². The number of nitrogens with zero attached hydrogens (tertiary/aromatic N) is 2. The molecule has 0 saturated carbocycles. The first-order valence-corrected chi connectivity index (χ1v) is 14.2. The van der Waals surface area contributed by atoms with Crippen molar-refractivity contribution in [3.05, 3.63) is 88.5 Å². The fourth-order valence-electron chi connectivity index (χ4n) is 5.88. The van der Waals surface area contributed by atoms with Crippen LogP contribution in [0.2, 0.25) is 0 Å². The van der Waals surface area contributed by atoms with Gasteiger partial charge in [-0.15, -0.1) is 0 Å². The van der Waals surface area contributed by atoms with Gasteiger partial charge in [-0.2, -0.15) is 0 Å². The van der Waals surface area contributed by atoms with E-state index in [1.54, 1.807) is 0 Å². The summed E-state index contributed by atoms with van der Waals surface area (Å²) in [6.45, 7) is 18.8. The second-order valence-electron chi connectivity index (χ2n) is 10.8. The van der Waals surface area contributed by atoms with Crippen LogP contribution < -0.4 is 0 Å². The van der Waals surface area contributed by atoms with Gasteiger partial charge < -0.3 is 14.7 Å². The molecule has 0 atom stereocenters. The van der Waals surface area contributed by atoms with Crippen molar-refractivity contribution in [1.82, 2.24) is 19.9 Å². The number of nitrogens with one attached hydrogen (secondary N) is 2. The van der Waals surface area contributed by atoms with Gasteiger partial charge in [-0.3, -0.25) is 4.79 Å². The van der Waals surface area contributed by atoms with Crippen molar-refractivity contribution >= 4 is 56.4 Å². The van der Waals surface area contributed by atoms with Crippen LogP contribution in [0.3, 0.4) is 0 Å². The van der Waals surface area contributed by atoms with Gasteiger partial charge in [0, 0.05) is 39.6 Å². The zero-order chi connectivity index (χ0) is 29.4. The number of aryl methyl sites for hydroxylation is 3. The predicted octanol–water partition coefficient (Wildman–Crippen LogP) is 8.53. The highest BCUT2D eigenvalue weighted by molar-refractivity contribution is 5.98. The molecule has 5 heterocycles. The van der Waals surface area contributed by atoms with Crippen molar-refractivity contribution in [2.75, 3.05) is 7.11 Å². The summed E-state index contributed by atoms with van der Waals surface area (Å²) in [5.41, 5.74) is 16.3. The molecule has 0 radical (unpaired) electrons. The molecule has 6 heteroatoms. The van der Waals surface area contributed by atoms with Crippen molar-refractivity contribution in [3.63, 3.8) is 0 Å². The van der Waals surface area contributed by atoms with E-state index in [9.17, 15) is 4.79 Å². The lowest BCUT2D eigenvalue weighted by atomic mass is 10.0. The molecule has 2 N–H and O–H groups in total. The minimum atomic E-state index is -0.229. The van der Waals surface area contributed by atoms with Crippen molar-refractivity contribution in [2.45, 2.75) is 60.3 Å². The van der Waals surface area contributed by atoms with Crippen molar-refractivity contribution < 1.29 is 9.53 Å². The van der Waals surface area contributed by atoms with Crippen LogP contribution in [-0.4, -0.2) is 33.0 Å². The van der Waals surface area contributed by atoms with E-state index < -0.39 is 0 Å². The summed E-state index contributed by atoms with van der Waals surface area (Å²) in [7, 11) is 1.43. The molecule has 0 saturated heterocycles. The maximum Gasteiger partial charge on any atom is 0.305 e. The Labute approximate surface area is 241 Å². The van der Waals surface area contributed by atoms with E-state index in [1.165, 1.54) is 18.3 Å². The Kier molecular flexibility index (Phi) is 7.68. The zero-order valence-electron chi connectivity index (χ0n) is 24.9. The minimum absolute atomic E-state index is 0.229. The molecule has 0 unspecified atom stereocenters. The molecule has 6 nitrogen and oxygen atoms in total. The van der Waals surface area contributed by atoms with Gasteiger partial charge >= 0.3 is 5.97 Å². The number of fused-ring (bicyclic) bond motifs is 8. The second kappa shape index (κ2) is 11.2. The normalized spacial score (nSPS) is 13.1. The Hall–Kier alpha value is -4.45. The predicted molar refractivity (Wildman–Crippen MR) is 171 cm³/mol. The molecule has 2 aliphatic heterocycles. The Morgan fingerprint density at radius 1 is 0.805 bits per heavy atom. The van der Waals surface area contributed by atoms with Crippen molar-refractivity contribution in [3.8, 4) is 0 Å². The summed E-state index contributed by atoms with van der Waals surface area (Å²) in [4.78, 5) is 29.6. The molecule has 0 fully saturated rings. The van der Waals surface area contributed by atoms with E-state index in [1.807, 2.05) is 12.2 Å². The average molecular weight is 547 g/mol. The number of hydrogen-bond donors (Lipinski definition) is 2. The molecule has 210 valence electrons. The highest BCUT2D eigenvalue weighted by atomic mass is 16.5. The lowest BCUT2D eigenvalue weighted by molar-refractivity contribution is -0.140. The van der Waals surface area contributed by atoms with Gasteiger partial charge in [0.2, 0.25) is 0 Å². The van der Waals surface area contributed by atoms with Crippen LogP contribution in [0.4, 0.5) is 0 Å². The number of rotatable bonds is 7. The summed E-state index contributed by atoms with van der Waals surface area (Å²) in [6, 6.07) is 8.45. The number of H-pyrrole nitrogens is 2. The van der Waals surface area contributed by atoms with E-state index in [-0.39, 0.29) is 5.97 Å². The number of esters is 1. The van der Waals surface area contributed by atoms with Gasteiger partial charge in [0.1, 0.15) is 0 Å². The number of carbonyl (C=O) groups is 1. The van der Waals surface area contributed by atoms with Gasteiger partial charge in [0.05, 0.1) is 29.9 Å². The molecular weight excluding hydrogens is 508 g/mol. The van der Waals surface area contributed by atoms with Gasteiger partial charge in [0.15, 0.2) is 0 Å². The molecule has 0 aliphatic carbocycles. The first-order chi connectivity index (χ1) is 19.7. The van der Waals surface area contributed by atoms with Gasteiger partial charge in [0.25, 0.3) is 0 Å². The maximum atomic E-state index is 12.1. The quantitative estimate of drug-likeness (QED) is 0.291. The van der Waals surface area contributed by atoms with Crippen LogP contribution in [0.15, 0.2) is 43.5 Å². The Morgan fingerprint density at radius 2 is 1.41 bits per heavy atom. The summed E-state index contributed by atoms with van der Waals surface area (Å²) >= 11 is 0. The fourth-order valence-corrected chi connectivity index (χ4v) is 5.88. The Balaban J connectivity index is 1.94. The summed E-state index contributed by atoms with van der Waals surface area (Å²) in [5.74, 6) is -0.229. The Morgan fingerprint density at radius 3 is 2.10 bits per heavy atom. The van der Waals surface area contributed by atoms with Gasteiger partial charge in [-0.1, -0.05) is 38.7 Å². The summed E-state index contributed by atoms with van der Waals surface area (Å²) in [6.07, 6.45) is 6.57. The first kappa shape index (κ1) is 28.1. The second-order valence-corrected chi connectivity index (χ2v) is 10.8. The summed E-state index contributed by atoms with van der Waals surface area (Å²) in [5, 5.41) is 0. The van der Waals surface area contributed by atoms with Crippen LogP contribution in [0.25, 0.3) is 50.4 Å². The Bertz CT molecular complexity index is 1830. The van der Waals surface area contributed by atoms with E-state index in [4.69, 9.17) is 14.7 Å². The molecule has 8 bridgehead atoms. The highest BCUT2D eigenvalue weighted by Gasteiger charge is 2.20. The SMILES string of the molecule is C=CC1=C(C)c2cc3[nH]c(cc4nc(cc5[nH]c(cc1n2)c(C)c5CCC(=O)OC)C(CCC)=C4C)c(C)c3C=C. The van der Waals surface area contributed by atoms with Crippen molar-refractivity contribution in [2.24, 2.45) is 0 Å². The van der Waals surface area contributed by atoms with Crippen LogP contribution in [-0.2, 0) is 16.0 Å². The molecular formula is C35H38N4O2. The minimum Gasteiger partial charge on any atom is -0.469 e. The third-order valence-electron chi connectivity index (χ3n) is 8.35. The first-order valence-electron chi connectivity index (χ1n) is 14.2. The lowest BCUT2D eigenvalue weighted by Gasteiger charge is -2.03. The average Bonchev–Trinajstić information content (AvgIpc) is 3.61. The van der Waals surface area contributed by atoms with Crippen molar-refractivity contribution in [1.29, 1.82) is 0 Å². The molecule has 0 amide bonds. The number of methoxy groups -OCH3 is 1. The van der Waals surface area contributed by atoms with E-state index in [0.717, 1.165) is 91.1 Å². The molecule has 3 aromatic rings. The number of aromatic nitrogens is 4. The monoisotopic (exact) mass is 546 g/mol. The third-order valence-corrected chi connectivity index (χ3v) is 8.35. The van der Waals surface area contributed by atoms with E-state index in [2.05, 4.69) is 82.0 Å². The van der Waals surface area contributed by atoms with Crippen LogP contribution >= 0.6 is 0 Å². The molecule has 5 rings (SSSR count).